The zero-order valence-electron chi connectivity index (χ0n) is 14.4. The molecule has 1 N–H and O–H groups in total. The number of nitrogens with zero attached hydrogens (tertiary/aromatic N) is 3. The van der Waals surface area contributed by atoms with Gasteiger partial charge in [-0.3, -0.25) is 4.79 Å². The van der Waals surface area contributed by atoms with Crippen molar-refractivity contribution in [3.8, 4) is 11.6 Å². The van der Waals surface area contributed by atoms with Crippen LogP contribution in [-0.2, 0) is 4.79 Å². The van der Waals surface area contributed by atoms with Crippen molar-refractivity contribution in [3.63, 3.8) is 0 Å². The van der Waals surface area contributed by atoms with Gasteiger partial charge in [0.05, 0.1) is 0 Å². The third-order valence-electron chi connectivity index (χ3n) is 4.24. The summed E-state index contributed by atoms with van der Waals surface area (Å²) in [5.74, 6) is 0.727. The Morgan fingerprint density at radius 3 is 2.63 bits per heavy atom. The number of anilines is 2. The third-order valence-corrected chi connectivity index (χ3v) is 4.24. The molecule has 0 aliphatic carbocycles. The van der Waals surface area contributed by atoms with Crippen LogP contribution in [-0.4, -0.2) is 28.5 Å². The molecule has 27 heavy (non-hydrogen) atoms. The molecular weight excluding hydrogens is 347 g/mol. The van der Waals surface area contributed by atoms with Gasteiger partial charge >= 0.3 is 0 Å². The molecule has 6 nitrogen and oxygen atoms in total. The van der Waals surface area contributed by atoms with Gasteiger partial charge in [-0.1, -0.05) is 18.2 Å². The fourth-order valence-corrected chi connectivity index (χ4v) is 2.93. The third kappa shape index (κ3) is 3.87. The van der Waals surface area contributed by atoms with E-state index in [0.717, 1.165) is 5.69 Å². The molecule has 1 aliphatic rings. The van der Waals surface area contributed by atoms with E-state index in [1.54, 1.807) is 17.2 Å². The summed E-state index contributed by atoms with van der Waals surface area (Å²) in [6.07, 6.45) is 2.20. The van der Waals surface area contributed by atoms with Gasteiger partial charge in [-0.15, -0.1) is 0 Å². The van der Waals surface area contributed by atoms with E-state index in [2.05, 4.69) is 15.3 Å². The number of hydrogen-bond donors (Lipinski definition) is 1. The van der Waals surface area contributed by atoms with Gasteiger partial charge in [-0.25, -0.2) is 9.37 Å². The van der Waals surface area contributed by atoms with Crippen LogP contribution in [0, 0.1) is 5.82 Å². The van der Waals surface area contributed by atoms with Crippen molar-refractivity contribution in [3.05, 3.63) is 72.7 Å². The minimum atomic E-state index is -0.397. The molecule has 0 bridgehead atoms. The highest BCUT2D eigenvalue weighted by atomic mass is 19.1. The van der Waals surface area contributed by atoms with Crippen LogP contribution in [0.3, 0.4) is 0 Å². The average molecular weight is 364 g/mol. The number of aromatic nitrogens is 2. The molecule has 7 heteroatoms. The van der Waals surface area contributed by atoms with E-state index in [1.165, 1.54) is 24.3 Å². The summed E-state index contributed by atoms with van der Waals surface area (Å²) in [4.78, 5) is 22.8. The predicted octanol–water partition coefficient (Wildman–Crippen LogP) is 3.63. The molecule has 136 valence electrons. The summed E-state index contributed by atoms with van der Waals surface area (Å²) >= 11 is 0. The first-order chi connectivity index (χ1) is 13.2. The highest BCUT2D eigenvalue weighted by Crippen LogP contribution is 2.24. The van der Waals surface area contributed by atoms with E-state index in [4.69, 9.17) is 4.74 Å². The van der Waals surface area contributed by atoms with Crippen molar-refractivity contribution in [1.82, 2.24) is 9.97 Å². The highest BCUT2D eigenvalue weighted by Gasteiger charge is 2.32. The van der Waals surface area contributed by atoms with Crippen LogP contribution in [0.5, 0.6) is 11.6 Å². The Balaban J connectivity index is 1.44. The van der Waals surface area contributed by atoms with E-state index in [0.29, 0.717) is 30.5 Å². The zero-order chi connectivity index (χ0) is 18.6. The fourth-order valence-electron chi connectivity index (χ4n) is 2.93. The number of benzene rings is 2. The molecule has 0 saturated carbocycles. The second-order valence-corrected chi connectivity index (χ2v) is 6.09. The van der Waals surface area contributed by atoms with Crippen LogP contribution in [0.15, 0.2) is 66.9 Å². The first-order valence-electron chi connectivity index (χ1n) is 8.58. The van der Waals surface area contributed by atoms with Crippen LogP contribution in [0.4, 0.5) is 16.0 Å². The highest BCUT2D eigenvalue weighted by molar-refractivity contribution is 6.00. The van der Waals surface area contributed by atoms with Gasteiger partial charge in [0.25, 0.3) is 0 Å². The van der Waals surface area contributed by atoms with Crippen molar-refractivity contribution in [2.75, 3.05) is 16.8 Å². The number of hydrogen-bond acceptors (Lipinski definition) is 5. The van der Waals surface area contributed by atoms with Gasteiger partial charge in [0, 0.05) is 24.5 Å². The van der Waals surface area contributed by atoms with Crippen LogP contribution in [0.25, 0.3) is 0 Å². The largest absolute Gasteiger partial charge is 0.439 e. The Bertz CT molecular complexity index is 934. The van der Waals surface area contributed by atoms with Crippen molar-refractivity contribution >= 4 is 17.5 Å². The minimum Gasteiger partial charge on any atom is -0.439 e. The maximum absolute atomic E-state index is 13.0. The Labute approximate surface area is 155 Å². The Morgan fingerprint density at radius 1 is 1.07 bits per heavy atom. The number of carbonyl (C=O) groups is 1. The van der Waals surface area contributed by atoms with Crippen molar-refractivity contribution in [2.45, 2.75) is 12.5 Å². The minimum absolute atomic E-state index is 0.0188. The van der Waals surface area contributed by atoms with Crippen molar-refractivity contribution < 1.29 is 13.9 Å². The number of carbonyl (C=O) groups excluding carboxylic acids is 1. The van der Waals surface area contributed by atoms with Crippen LogP contribution >= 0.6 is 0 Å². The van der Waals surface area contributed by atoms with Crippen LogP contribution < -0.4 is 15.0 Å². The number of nitrogens with one attached hydrogen (secondary N) is 1. The number of halogens is 1. The normalized spacial score (nSPS) is 16.4. The molecule has 1 amide bonds. The summed E-state index contributed by atoms with van der Waals surface area (Å²) in [6, 6.07) is 16.4. The van der Waals surface area contributed by atoms with Gasteiger partial charge in [0.15, 0.2) is 0 Å². The van der Waals surface area contributed by atoms with Gasteiger partial charge in [0.2, 0.25) is 17.7 Å². The van der Waals surface area contributed by atoms with E-state index >= 15 is 0 Å². The SMILES string of the molecule is O=C1C(Nc2nccc(Oc3ccc(F)cc3)n2)CCN1c1ccccc1. The smallest absolute Gasteiger partial charge is 0.249 e. The van der Waals surface area contributed by atoms with E-state index in [1.807, 2.05) is 30.3 Å². The summed E-state index contributed by atoms with van der Waals surface area (Å²) in [6.45, 7) is 0.631. The van der Waals surface area contributed by atoms with E-state index < -0.39 is 6.04 Å². The summed E-state index contributed by atoms with van der Waals surface area (Å²) in [5.41, 5.74) is 0.876. The molecule has 1 aliphatic heterocycles. The predicted molar refractivity (Wildman–Crippen MR) is 99.3 cm³/mol. The molecule has 1 unspecified atom stereocenters. The lowest BCUT2D eigenvalue weighted by Gasteiger charge is -2.17. The second kappa shape index (κ2) is 7.41. The number of ether oxygens (including phenoxy) is 1. The number of para-hydroxylation sites is 1. The van der Waals surface area contributed by atoms with E-state index in [9.17, 15) is 9.18 Å². The molecule has 1 fully saturated rings. The Morgan fingerprint density at radius 2 is 1.85 bits per heavy atom. The van der Waals surface area contributed by atoms with Gasteiger partial charge in [-0.05, 0) is 42.8 Å². The van der Waals surface area contributed by atoms with Gasteiger partial charge in [-0.2, -0.15) is 4.98 Å². The quantitative estimate of drug-likeness (QED) is 0.749. The fraction of sp³-hybridized carbons (Fsp3) is 0.150. The average Bonchev–Trinajstić information content (AvgIpc) is 3.05. The Hall–Kier alpha value is -3.48. The van der Waals surface area contributed by atoms with Gasteiger partial charge < -0.3 is 15.0 Å². The summed E-state index contributed by atoms with van der Waals surface area (Å²) in [7, 11) is 0. The topological polar surface area (TPSA) is 67.3 Å². The molecule has 2 aromatic carbocycles. The molecule has 4 rings (SSSR count). The molecule has 1 aromatic heterocycles. The number of amides is 1. The lowest BCUT2D eigenvalue weighted by atomic mass is 10.2. The van der Waals surface area contributed by atoms with Crippen molar-refractivity contribution in [1.29, 1.82) is 0 Å². The first kappa shape index (κ1) is 17.0. The molecule has 3 aromatic rings. The lowest BCUT2D eigenvalue weighted by Crippen LogP contribution is -2.33. The molecule has 1 saturated heterocycles. The molecular formula is C20H17FN4O2. The standard InChI is InChI=1S/C20H17FN4O2/c21-14-6-8-16(9-7-14)27-18-10-12-22-20(24-18)23-17-11-13-25(19(17)26)15-4-2-1-3-5-15/h1-10,12,17H,11,13H2,(H,22,23,24). The first-order valence-corrected chi connectivity index (χ1v) is 8.58. The lowest BCUT2D eigenvalue weighted by molar-refractivity contribution is -0.117. The van der Waals surface area contributed by atoms with E-state index in [-0.39, 0.29) is 11.7 Å². The van der Waals surface area contributed by atoms with Crippen LogP contribution in [0.2, 0.25) is 0 Å². The maximum Gasteiger partial charge on any atom is 0.249 e. The van der Waals surface area contributed by atoms with Crippen LogP contribution in [0.1, 0.15) is 6.42 Å². The van der Waals surface area contributed by atoms with Gasteiger partial charge in [0.1, 0.15) is 17.6 Å². The second-order valence-electron chi connectivity index (χ2n) is 6.09. The summed E-state index contributed by atoms with van der Waals surface area (Å²) in [5, 5.41) is 3.07. The molecule has 2 heterocycles. The monoisotopic (exact) mass is 364 g/mol. The van der Waals surface area contributed by atoms with Crippen molar-refractivity contribution in [2.24, 2.45) is 0 Å². The molecule has 0 radical (unpaired) electrons. The Kier molecular flexibility index (Phi) is 4.65. The maximum atomic E-state index is 13.0. The number of rotatable bonds is 5. The molecule has 0 spiro atoms. The zero-order valence-corrected chi connectivity index (χ0v) is 14.4. The molecule has 1 atom stereocenters. The summed E-state index contributed by atoms with van der Waals surface area (Å²) < 4.78 is 18.6.